The van der Waals surface area contributed by atoms with Gasteiger partial charge in [-0.15, -0.1) is 0 Å². The highest BCUT2D eigenvalue weighted by molar-refractivity contribution is 7.89. The van der Waals surface area contributed by atoms with E-state index in [-0.39, 0.29) is 17.8 Å². The Morgan fingerprint density at radius 2 is 1.88 bits per heavy atom. The number of nitrogens with two attached hydrogens (primary N) is 1. The summed E-state index contributed by atoms with van der Waals surface area (Å²) in [5.41, 5.74) is 0. The maximum Gasteiger partial charge on any atom is 0.209 e. The number of primary sulfonamides is 1. The summed E-state index contributed by atoms with van der Waals surface area (Å²) >= 11 is 0. The molecule has 0 aliphatic heterocycles. The van der Waals surface area contributed by atoms with E-state index in [9.17, 15) is 8.42 Å². The lowest BCUT2D eigenvalue weighted by atomic mass is 10.1. The van der Waals surface area contributed by atoms with E-state index in [1.165, 1.54) is 0 Å². The fourth-order valence-electron chi connectivity index (χ4n) is 1.21. The summed E-state index contributed by atoms with van der Waals surface area (Å²) in [6.07, 6.45) is 0.927. The van der Waals surface area contributed by atoms with E-state index in [0.29, 0.717) is 19.8 Å². The van der Waals surface area contributed by atoms with E-state index in [0.717, 1.165) is 6.42 Å². The van der Waals surface area contributed by atoms with Gasteiger partial charge < -0.3 is 9.47 Å². The molecule has 0 aromatic carbocycles. The highest BCUT2D eigenvalue weighted by Gasteiger charge is 2.14. The van der Waals surface area contributed by atoms with Gasteiger partial charge in [0.15, 0.2) is 0 Å². The van der Waals surface area contributed by atoms with E-state index in [2.05, 4.69) is 0 Å². The maximum atomic E-state index is 10.9. The summed E-state index contributed by atoms with van der Waals surface area (Å²) in [5.74, 6) is -0.0526. The molecule has 2 N–H and O–H groups in total. The molecule has 0 aliphatic rings. The van der Waals surface area contributed by atoms with Crippen molar-refractivity contribution < 1.29 is 17.9 Å². The van der Waals surface area contributed by atoms with Crippen LogP contribution in [-0.4, -0.2) is 40.1 Å². The third kappa shape index (κ3) is 10.4. The number of ether oxygens (including phenoxy) is 2. The largest absolute Gasteiger partial charge is 0.379 e. The topological polar surface area (TPSA) is 78.6 Å². The zero-order chi connectivity index (χ0) is 12.6. The molecule has 0 bridgehead atoms. The molecule has 1 unspecified atom stereocenters. The molecule has 0 rings (SSSR count). The van der Waals surface area contributed by atoms with Crippen LogP contribution in [0.2, 0.25) is 0 Å². The normalized spacial score (nSPS) is 14.3. The van der Waals surface area contributed by atoms with Crippen molar-refractivity contribution >= 4 is 10.0 Å². The van der Waals surface area contributed by atoms with Crippen LogP contribution in [0.4, 0.5) is 0 Å². The summed E-state index contributed by atoms with van der Waals surface area (Å²) in [5, 5.41) is 4.97. The highest BCUT2D eigenvalue weighted by Crippen LogP contribution is 2.05. The first-order chi connectivity index (χ1) is 7.35. The van der Waals surface area contributed by atoms with Gasteiger partial charge in [-0.1, -0.05) is 13.3 Å². The van der Waals surface area contributed by atoms with Crippen molar-refractivity contribution in [1.29, 1.82) is 0 Å². The van der Waals surface area contributed by atoms with E-state index in [1.54, 1.807) is 0 Å². The minimum atomic E-state index is -3.40. The third-order valence-electron chi connectivity index (χ3n) is 2.08. The van der Waals surface area contributed by atoms with Gasteiger partial charge in [-0.2, -0.15) is 0 Å². The van der Waals surface area contributed by atoms with E-state index < -0.39 is 10.0 Å². The SMILES string of the molecule is CCC(COCCOC(C)C)CS(N)(=O)=O. The van der Waals surface area contributed by atoms with Crippen LogP contribution in [0.1, 0.15) is 27.2 Å². The lowest BCUT2D eigenvalue weighted by molar-refractivity contribution is 0.0113. The molecular formula is C10H23NO4S. The standard InChI is InChI=1S/C10H23NO4S/c1-4-10(8-16(11,12)13)7-14-5-6-15-9(2)3/h9-10H,4-8H2,1-3H3,(H2,11,12,13). The monoisotopic (exact) mass is 253 g/mol. The summed E-state index contributed by atoms with van der Waals surface area (Å²) in [6.45, 7) is 7.26. The molecule has 0 aliphatic carbocycles. The predicted molar refractivity (Wildman–Crippen MR) is 63.7 cm³/mol. The number of rotatable bonds is 9. The van der Waals surface area contributed by atoms with Crippen molar-refractivity contribution in [3.05, 3.63) is 0 Å². The predicted octanol–water partition coefficient (Wildman–Crippen LogP) is 0.743. The third-order valence-corrected chi connectivity index (χ3v) is 3.01. The molecular weight excluding hydrogens is 230 g/mol. The van der Waals surface area contributed by atoms with E-state index >= 15 is 0 Å². The zero-order valence-electron chi connectivity index (χ0n) is 10.3. The highest BCUT2D eigenvalue weighted by atomic mass is 32.2. The molecule has 0 spiro atoms. The first-order valence-electron chi connectivity index (χ1n) is 5.55. The molecule has 5 nitrogen and oxygen atoms in total. The smallest absolute Gasteiger partial charge is 0.209 e. The minimum Gasteiger partial charge on any atom is -0.379 e. The Morgan fingerprint density at radius 3 is 2.31 bits per heavy atom. The molecule has 0 aromatic rings. The Hall–Kier alpha value is -0.170. The second kappa shape index (κ2) is 8.00. The lowest BCUT2D eigenvalue weighted by Gasteiger charge is -2.14. The van der Waals surface area contributed by atoms with Gasteiger partial charge in [0.25, 0.3) is 0 Å². The zero-order valence-corrected chi connectivity index (χ0v) is 11.1. The number of hydrogen-bond acceptors (Lipinski definition) is 4. The van der Waals surface area contributed by atoms with Gasteiger partial charge in [-0.3, -0.25) is 0 Å². The fraction of sp³-hybridized carbons (Fsp3) is 1.00. The molecule has 0 saturated carbocycles. The van der Waals surface area contributed by atoms with E-state index in [4.69, 9.17) is 14.6 Å². The van der Waals surface area contributed by atoms with Crippen LogP contribution >= 0.6 is 0 Å². The molecule has 98 valence electrons. The second-order valence-corrected chi connectivity index (χ2v) is 5.76. The Bertz CT molecular complexity index is 264. The summed E-state index contributed by atoms with van der Waals surface area (Å²) in [4.78, 5) is 0. The van der Waals surface area contributed by atoms with Crippen molar-refractivity contribution in [3.8, 4) is 0 Å². The Kier molecular flexibility index (Phi) is 7.91. The molecule has 0 aromatic heterocycles. The maximum absolute atomic E-state index is 10.9. The Morgan fingerprint density at radius 1 is 1.25 bits per heavy atom. The van der Waals surface area contributed by atoms with Crippen LogP contribution < -0.4 is 5.14 Å². The van der Waals surface area contributed by atoms with Crippen molar-refractivity contribution in [2.24, 2.45) is 11.1 Å². The molecule has 1 atom stereocenters. The van der Waals surface area contributed by atoms with Crippen LogP contribution in [0, 0.1) is 5.92 Å². The van der Waals surface area contributed by atoms with Crippen LogP contribution in [0.25, 0.3) is 0 Å². The Labute approximate surface area is 98.4 Å². The molecule has 0 saturated heterocycles. The first-order valence-corrected chi connectivity index (χ1v) is 7.26. The second-order valence-electron chi connectivity index (χ2n) is 4.10. The van der Waals surface area contributed by atoms with Crippen molar-refractivity contribution in [2.75, 3.05) is 25.6 Å². The summed E-state index contributed by atoms with van der Waals surface area (Å²) in [6, 6.07) is 0. The van der Waals surface area contributed by atoms with Crippen LogP contribution in [-0.2, 0) is 19.5 Å². The fourth-order valence-corrected chi connectivity index (χ4v) is 2.19. The molecule has 6 heteroatoms. The van der Waals surface area contributed by atoms with E-state index in [1.807, 2.05) is 20.8 Å². The van der Waals surface area contributed by atoms with Gasteiger partial charge in [-0.25, -0.2) is 13.6 Å². The van der Waals surface area contributed by atoms with Gasteiger partial charge in [0.2, 0.25) is 10.0 Å². The van der Waals surface area contributed by atoms with Gasteiger partial charge >= 0.3 is 0 Å². The average molecular weight is 253 g/mol. The quantitative estimate of drug-likeness (QED) is 0.615. The number of sulfonamides is 1. The first kappa shape index (κ1) is 15.8. The van der Waals surface area contributed by atoms with Crippen LogP contribution in [0.5, 0.6) is 0 Å². The lowest BCUT2D eigenvalue weighted by Crippen LogP contribution is -2.26. The minimum absolute atomic E-state index is 0.0193. The van der Waals surface area contributed by atoms with Crippen molar-refractivity contribution in [3.63, 3.8) is 0 Å². The average Bonchev–Trinajstić information content (AvgIpc) is 2.13. The van der Waals surface area contributed by atoms with Gasteiger partial charge in [0, 0.05) is 0 Å². The van der Waals surface area contributed by atoms with Crippen molar-refractivity contribution in [2.45, 2.75) is 33.3 Å². The summed E-state index contributed by atoms with van der Waals surface area (Å²) in [7, 11) is -3.40. The van der Waals surface area contributed by atoms with Gasteiger partial charge in [-0.05, 0) is 19.8 Å². The van der Waals surface area contributed by atoms with Crippen LogP contribution in [0.3, 0.4) is 0 Å². The van der Waals surface area contributed by atoms with Gasteiger partial charge in [0.05, 0.1) is 31.7 Å². The molecule has 0 amide bonds. The molecule has 0 radical (unpaired) electrons. The molecule has 0 fully saturated rings. The van der Waals surface area contributed by atoms with Gasteiger partial charge in [0.1, 0.15) is 0 Å². The molecule has 0 heterocycles. The molecule has 16 heavy (non-hydrogen) atoms. The van der Waals surface area contributed by atoms with Crippen LogP contribution in [0.15, 0.2) is 0 Å². The van der Waals surface area contributed by atoms with Crippen molar-refractivity contribution in [1.82, 2.24) is 0 Å². The summed E-state index contributed by atoms with van der Waals surface area (Å²) < 4.78 is 32.4. The number of hydrogen-bond donors (Lipinski definition) is 1. The Balaban J connectivity index is 3.64.